The largest absolute Gasteiger partial charge is 0.423 e. The Balaban J connectivity index is 1.36. The van der Waals surface area contributed by atoms with Gasteiger partial charge in [0.1, 0.15) is 5.52 Å². The molecule has 0 spiro atoms. The zero-order chi connectivity index (χ0) is 19.7. The second-order valence-electron chi connectivity index (χ2n) is 7.67. The first-order valence-electron chi connectivity index (χ1n) is 9.94. The molecule has 1 aromatic heterocycles. The van der Waals surface area contributed by atoms with Crippen LogP contribution in [0.1, 0.15) is 20.3 Å². The van der Waals surface area contributed by atoms with Crippen LogP contribution in [-0.2, 0) is 9.59 Å². The molecule has 0 bridgehead atoms. The monoisotopic (exact) mass is 385 g/mol. The van der Waals surface area contributed by atoms with E-state index in [0.717, 1.165) is 17.6 Å². The molecule has 2 saturated heterocycles. The van der Waals surface area contributed by atoms with Crippen LogP contribution in [0.2, 0.25) is 0 Å². The minimum atomic E-state index is -0.378. The highest BCUT2D eigenvalue weighted by Crippen LogP contribution is 2.23. The summed E-state index contributed by atoms with van der Waals surface area (Å²) in [6.45, 7) is 8.11. The van der Waals surface area contributed by atoms with Gasteiger partial charge < -0.3 is 19.5 Å². The molecule has 2 fully saturated rings. The molecular formula is C20H27N5O3. The van der Waals surface area contributed by atoms with Crippen LogP contribution in [0.5, 0.6) is 0 Å². The molecule has 1 N–H and O–H groups in total. The number of nitrogens with zero attached hydrogens (tertiary/aromatic N) is 4. The number of hydrogen-bond donors (Lipinski definition) is 1. The zero-order valence-corrected chi connectivity index (χ0v) is 16.4. The van der Waals surface area contributed by atoms with Crippen LogP contribution < -0.4 is 10.2 Å². The highest BCUT2D eigenvalue weighted by Gasteiger charge is 2.35. The molecule has 4 rings (SSSR count). The van der Waals surface area contributed by atoms with Crippen LogP contribution >= 0.6 is 0 Å². The van der Waals surface area contributed by atoms with Gasteiger partial charge in [0.2, 0.25) is 11.8 Å². The van der Waals surface area contributed by atoms with E-state index in [1.54, 1.807) is 0 Å². The van der Waals surface area contributed by atoms with E-state index in [1.807, 2.05) is 29.2 Å². The van der Waals surface area contributed by atoms with Gasteiger partial charge in [0.25, 0.3) is 6.01 Å². The van der Waals surface area contributed by atoms with Crippen molar-refractivity contribution in [3.05, 3.63) is 24.3 Å². The Morgan fingerprint density at radius 1 is 1.21 bits per heavy atom. The third-order valence-electron chi connectivity index (χ3n) is 5.59. The molecule has 0 saturated carbocycles. The van der Waals surface area contributed by atoms with Gasteiger partial charge in [-0.05, 0) is 26.0 Å². The van der Waals surface area contributed by atoms with Gasteiger partial charge in [-0.1, -0.05) is 12.1 Å². The fraction of sp³-hybridized carbons (Fsp3) is 0.550. The van der Waals surface area contributed by atoms with Crippen LogP contribution in [0.3, 0.4) is 0 Å². The second-order valence-corrected chi connectivity index (χ2v) is 7.67. The summed E-state index contributed by atoms with van der Waals surface area (Å²) in [6.07, 6.45) is 0.229. The summed E-state index contributed by atoms with van der Waals surface area (Å²) in [5.74, 6) is -0.0108. The summed E-state index contributed by atoms with van der Waals surface area (Å²) in [5, 5.41) is 2.89. The number of oxazole rings is 1. The Morgan fingerprint density at radius 3 is 2.68 bits per heavy atom. The van der Waals surface area contributed by atoms with Crippen molar-refractivity contribution in [2.24, 2.45) is 0 Å². The summed E-state index contributed by atoms with van der Waals surface area (Å²) in [5.41, 5.74) is 1.61. The normalized spacial score (nSPS) is 21.4. The molecule has 2 aliphatic rings. The lowest BCUT2D eigenvalue weighted by Gasteiger charge is -2.39. The number of rotatable bonds is 4. The van der Waals surface area contributed by atoms with E-state index in [9.17, 15) is 9.59 Å². The molecule has 8 heteroatoms. The average Bonchev–Trinajstić information content (AvgIpc) is 3.13. The van der Waals surface area contributed by atoms with Crippen molar-refractivity contribution in [3.8, 4) is 0 Å². The summed E-state index contributed by atoms with van der Waals surface area (Å²) in [7, 11) is 0. The number of para-hydroxylation sites is 2. The first kappa shape index (κ1) is 18.7. The summed E-state index contributed by atoms with van der Waals surface area (Å²) in [6, 6.07) is 8.16. The molecular weight excluding hydrogens is 358 g/mol. The molecule has 8 nitrogen and oxygen atoms in total. The molecule has 1 aromatic carbocycles. The van der Waals surface area contributed by atoms with Gasteiger partial charge in [0, 0.05) is 45.3 Å². The topological polar surface area (TPSA) is 81.9 Å². The lowest BCUT2D eigenvalue weighted by molar-refractivity contribution is -0.139. The molecule has 1 atom stereocenters. The van der Waals surface area contributed by atoms with Crippen LogP contribution in [0.4, 0.5) is 6.01 Å². The van der Waals surface area contributed by atoms with Gasteiger partial charge in [0.05, 0.1) is 12.5 Å². The number of amides is 2. The van der Waals surface area contributed by atoms with Crippen LogP contribution in [0.25, 0.3) is 11.1 Å². The van der Waals surface area contributed by atoms with E-state index in [0.29, 0.717) is 38.7 Å². The van der Waals surface area contributed by atoms with Crippen molar-refractivity contribution in [1.29, 1.82) is 0 Å². The van der Waals surface area contributed by atoms with Gasteiger partial charge in [-0.2, -0.15) is 4.98 Å². The van der Waals surface area contributed by atoms with E-state index in [-0.39, 0.29) is 30.3 Å². The maximum atomic E-state index is 12.8. The third kappa shape index (κ3) is 3.69. The Hall–Kier alpha value is -2.61. The Morgan fingerprint density at radius 2 is 1.96 bits per heavy atom. The maximum Gasteiger partial charge on any atom is 0.298 e. The van der Waals surface area contributed by atoms with Crippen LogP contribution in [-0.4, -0.2) is 78.0 Å². The fourth-order valence-corrected chi connectivity index (χ4v) is 4.00. The molecule has 2 amide bonds. The molecule has 0 aliphatic carbocycles. The van der Waals surface area contributed by atoms with Crippen molar-refractivity contribution in [1.82, 2.24) is 20.1 Å². The zero-order valence-electron chi connectivity index (χ0n) is 16.4. The summed E-state index contributed by atoms with van der Waals surface area (Å²) >= 11 is 0. The number of anilines is 1. The van der Waals surface area contributed by atoms with Crippen molar-refractivity contribution in [3.63, 3.8) is 0 Å². The number of benzene rings is 1. The Kier molecular flexibility index (Phi) is 5.21. The number of hydrogen-bond acceptors (Lipinski definition) is 6. The van der Waals surface area contributed by atoms with E-state index in [4.69, 9.17) is 4.42 Å². The summed E-state index contributed by atoms with van der Waals surface area (Å²) in [4.78, 5) is 35.7. The highest BCUT2D eigenvalue weighted by atomic mass is 16.4. The van der Waals surface area contributed by atoms with Gasteiger partial charge >= 0.3 is 0 Å². The standard InChI is InChI=1S/C20H27N5O3/c1-14(2)25-8-7-21-19(27)16(25)13-18(26)23-9-11-24(12-10-23)20-22-15-5-3-4-6-17(15)28-20/h3-6,14,16H,7-13H2,1-2H3,(H,21,27)/t16-/m1/s1. The summed E-state index contributed by atoms with van der Waals surface area (Å²) < 4.78 is 5.83. The molecule has 2 aromatic rings. The number of aromatic nitrogens is 1. The third-order valence-corrected chi connectivity index (χ3v) is 5.59. The van der Waals surface area contributed by atoms with Crippen molar-refractivity contribution < 1.29 is 14.0 Å². The number of nitrogens with one attached hydrogen (secondary N) is 1. The Bertz CT molecular complexity index is 823. The molecule has 150 valence electrons. The minimum absolute atomic E-state index is 0.0323. The SMILES string of the molecule is CC(C)N1CCNC(=O)[C@H]1CC(=O)N1CCN(c2nc3ccccc3o2)CC1. The predicted molar refractivity (Wildman–Crippen MR) is 106 cm³/mol. The van der Waals surface area contributed by atoms with Crippen molar-refractivity contribution >= 4 is 28.9 Å². The van der Waals surface area contributed by atoms with Crippen LogP contribution in [0, 0.1) is 0 Å². The maximum absolute atomic E-state index is 12.8. The van der Waals surface area contributed by atoms with E-state index in [1.165, 1.54) is 0 Å². The lowest BCUT2D eigenvalue weighted by atomic mass is 10.1. The Labute approximate surface area is 164 Å². The second kappa shape index (κ2) is 7.79. The lowest BCUT2D eigenvalue weighted by Crippen LogP contribution is -2.59. The van der Waals surface area contributed by atoms with Gasteiger partial charge in [0.15, 0.2) is 5.58 Å². The number of carbonyl (C=O) groups is 2. The van der Waals surface area contributed by atoms with Crippen LogP contribution in [0.15, 0.2) is 28.7 Å². The first-order chi connectivity index (χ1) is 13.5. The average molecular weight is 385 g/mol. The fourth-order valence-electron chi connectivity index (χ4n) is 4.00. The first-order valence-corrected chi connectivity index (χ1v) is 9.94. The molecule has 28 heavy (non-hydrogen) atoms. The number of piperazine rings is 2. The van der Waals surface area contributed by atoms with Crippen molar-refractivity contribution in [2.45, 2.75) is 32.4 Å². The van der Waals surface area contributed by atoms with Gasteiger partial charge in [-0.25, -0.2) is 0 Å². The minimum Gasteiger partial charge on any atom is -0.423 e. The van der Waals surface area contributed by atoms with E-state index < -0.39 is 0 Å². The molecule has 2 aliphatic heterocycles. The number of carbonyl (C=O) groups excluding carboxylic acids is 2. The van der Waals surface area contributed by atoms with E-state index in [2.05, 4.69) is 33.9 Å². The molecule has 3 heterocycles. The van der Waals surface area contributed by atoms with Crippen molar-refractivity contribution in [2.75, 3.05) is 44.2 Å². The smallest absolute Gasteiger partial charge is 0.298 e. The molecule has 0 unspecified atom stereocenters. The van der Waals surface area contributed by atoms with Gasteiger partial charge in [-0.3, -0.25) is 14.5 Å². The van der Waals surface area contributed by atoms with Gasteiger partial charge in [-0.15, -0.1) is 0 Å². The quantitative estimate of drug-likeness (QED) is 0.848. The van der Waals surface area contributed by atoms with E-state index >= 15 is 0 Å². The predicted octanol–water partition coefficient (Wildman–Crippen LogP) is 1.08. The number of fused-ring (bicyclic) bond motifs is 1. The highest BCUT2D eigenvalue weighted by molar-refractivity contribution is 5.89. The molecule has 0 radical (unpaired) electrons.